The third-order valence-electron chi connectivity index (χ3n) is 1.95. The summed E-state index contributed by atoms with van der Waals surface area (Å²) in [4.78, 5) is 10.4. The number of nitrogens with one attached hydrogen (secondary N) is 1. The largest absolute Gasteiger partial charge is 0.481 e. The molecule has 1 atom stereocenters. The zero-order chi connectivity index (χ0) is 12.2. The average Bonchev–Trinajstić information content (AvgIpc) is 2.61. The third kappa shape index (κ3) is 3.58. The van der Waals surface area contributed by atoms with E-state index in [0.717, 1.165) is 0 Å². The third-order valence-corrected chi connectivity index (χ3v) is 1.95. The molecule has 16 heavy (non-hydrogen) atoms. The van der Waals surface area contributed by atoms with E-state index < -0.39 is 24.6 Å². The van der Waals surface area contributed by atoms with Crippen LogP contribution in [0.3, 0.4) is 0 Å². The highest BCUT2D eigenvalue weighted by atomic mass is 19.4. The fraction of sp³-hybridized carbons (Fsp3) is 0.444. The normalized spacial score (nSPS) is 13.7. The molecule has 4 nitrogen and oxygen atoms in total. The number of hydrogen-bond donors (Lipinski definition) is 2. The number of furan rings is 1. The van der Waals surface area contributed by atoms with Gasteiger partial charge >= 0.3 is 12.1 Å². The number of hydrogen-bond acceptors (Lipinski definition) is 3. The van der Waals surface area contributed by atoms with Crippen molar-refractivity contribution in [2.45, 2.75) is 12.7 Å². The van der Waals surface area contributed by atoms with Crippen molar-refractivity contribution in [1.82, 2.24) is 5.32 Å². The van der Waals surface area contributed by atoms with Crippen molar-refractivity contribution in [2.24, 2.45) is 5.92 Å². The van der Waals surface area contributed by atoms with Gasteiger partial charge in [-0.2, -0.15) is 13.2 Å². The predicted molar refractivity (Wildman–Crippen MR) is 47.6 cm³/mol. The second-order valence-corrected chi connectivity index (χ2v) is 3.19. The van der Waals surface area contributed by atoms with Crippen LogP contribution in [0.2, 0.25) is 0 Å². The van der Waals surface area contributed by atoms with Gasteiger partial charge in [-0.15, -0.1) is 0 Å². The molecule has 0 amide bonds. The molecule has 1 heterocycles. The molecule has 0 aromatic carbocycles. The Balaban J connectivity index is 2.42. The first-order valence-corrected chi connectivity index (χ1v) is 4.42. The molecule has 0 saturated carbocycles. The minimum Gasteiger partial charge on any atom is -0.481 e. The van der Waals surface area contributed by atoms with Crippen LogP contribution < -0.4 is 5.32 Å². The van der Waals surface area contributed by atoms with E-state index in [9.17, 15) is 18.0 Å². The molecule has 0 bridgehead atoms. The summed E-state index contributed by atoms with van der Waals surface area (Å²) in [6.45, 7) is -0.527. The van der Waals surface area contributed by atoms with Crippen molar-refractivity contribution in [3.8, 4) is 0 Å². The van der Waals surface area contributed by atoms with Crippen LogP contribution in [0.1, 0.15) is 5.56 Å². The van der Waals surface area contributed by atoms with Gasteiger partial charge in [0, 0.05) is 18.7 Å². The van der Waals surface area contributed by atoms with Crippen LogP contribution in [-0.4, -0.2) is 23.8 Å². The molecular formula is C9H10F3NO3. The van der Waals surface area contributed by atoms with Crippen molar-refractivity contribution in [3.05, 3.63) is 24.2 Å². The van der Waals surface area contributed by atoms with E-state index in [1.165, 1.54) is 12.5 Å². The summed E-state index contributed by atoms with van der Waals surface area (Å²) in [5.41, 5.74) is 0.659. The van der Waals surface area contributed by atoms with E-state index in [1.807, 2.05) is 0 Å². The lowest BCUT2D eigenvalue weighted by atomic mass is 10.1. The molecule has 1 rings (SSSR count). The van der Waals surface area contributed by atoms with E-state index in [2.05, 4.69) is 5.32 Å². The minimum absolute atomic E-state index is 0.135. The van der Waals surface area contributed by atoms with Crippen LogP contribution in [0.25, 0.3) is 0 Å². The smallest absolute Gasteiger partial charge is 0.403 e. The summed E-state index contributed by atoms with van der Waals surface area (Å²) in [6.07, 6.45) is -1.99. The zero-order valence-electron chi connectivity index (χ0n) is 8.12. The van der Waals surface area contributed by atoms with Crippen molar-refractivity contribution in [2.75, 3.05) is 6.54 Å². The number of alkyl halides is 3. The van der Waals surface area contributed by atoms with Gasteiger partial charge in [0.05, 0.1) is 12.5 Å². The summed E-state index contributed by atoms with van der Waals surface area (Å²) in [7, 11) is 0. The number of rotatable bonds is 5. The summed E-state index contributed by atoms with van der Waals surface area (Å²) in [6, 6.07) is 1.58. The number of halogens is 3. The average molecular weight is 237 g/mol. The minimum atomic E-state index is -4.74. The molecule has 2 N–H and O–H groups in total. The van der Waals surface area contributed by atoms with Gasteiger partial charge in [-0.25, -0.2) is 0 Å². The van der Waals surface area contributed by atoms with Crippen LogP contribution in [0, 0.1) is 5.92 Å². The van der Waals surface area contributed by atoms with E-state index in [4.69, 9.17) is 9.52 Å². The second-order valence-electron chi connectivity index (χ2n) is 3.19. The van der Waals surface area contributed by atoms with Crippen molar-refractivity contribution in [3.63, 3.8) is 0 Å². The maximum atomic E-state index is 12.2. The van der Waals surface area contributed by atoms with E-state index in [-0.39, 0.29) is 6.54 Å². The SMILES string of the molecule is O=C(O)C(CNCc1ccoc1)C(F)(F)F. The standard InChI is InChI=1S/C9H10F3NO3/c10-9(11,12)7(8(14)15)4-13-3-6-1-2-16-5-6/h1-2,5,7,13H,3-4H2,(H,14,15). The Morgan fingerprint density at radius 1 is 1.56 bits per heavy atom. The molecule has 1 aromatic rings. The summed E-state index contributed by atoms with van der Waals surface area (Å²) in [5, 5.41) is 10.8. The van der Waals surface area contributed by atoms with E-state index in [0.29, 0.717) is 5.56 Å². The highest BCUT2D eigenvalue weighted by molar-refractivity contribution is 5.71. The second kappa shape index (κ2) is 5.02. The molecule has 0 radical (unpaired) electrons. The monoisotopic (exact) mass is 237 g/mol. The maximum Gasteiger partial charge on any atom is 0.403 e. The molecular weight excluding hydrogens is 227 g/mol. The molecule has 0 aliphatic rings. The lowest BCUT2D eigenvalue weighted by Crippen LogP contribution is -2.38. The predicted octanol–water partition coefficient (Wildman–Crippen LogP) is 1.63. The highest BCUT2D eigenvalue weighted by Gasteiger charge is 2.44. The Kier molecular flexibility index (Phi) is 3.94. The summed E-state index contributed by atoms with van der Waals surface area (Å²) in [5.74, 6) is -4.27. The van der Waals surface area contributed by atoms with Crippen LogP contribution in [-0.2, 0) is 11.3 Å². The van der Waals surface area contributed by atoms with Gasteiger partial charge in [0.15, 0.2) is 5.92 Å². The molecule has 1 aromatic heterocycles. The van der Waals surface area contributed by atoms with Gasteiger partial charge < -0.3 is 14.8 Å². The lowest BCUT2D eigenvalue weighted by Gasteiger charge is -2.16. The molecule has 0 fully saturated rings. The van der Waals surface area contributed by atoms with Crippen LogP contribution >= 0.6 is 0 Å². The molecule has 0 aliphatic heterocycles. The fourth-order valence-corrected chi connectivity index (χ4v) is 1.10. The van der Waals surface area contributed by atoms with Gasteiger partial charge in [0.1, 0.15) is 0 Å². The van der Waals surface area contributed by atoms with Crippen LogP contribution in [0.4, 0.5) is 13.2 Å². The summed E-state index contributed by atoms with van der Waals surface area (Å²) < 4.78 is 41.3. The van der Waals surface area contributed by atoms with Crippen LogP contribution in [0.15, 0.2) is 23.0 Å². The molecule has 1 unspecified atom stereocenters. The first-order valence-electron chi connectivity index (χ1n) is 4.42. The molecule has 7 heteroatoms. The number of aliphatic carboxylic acids is 1. The Bertz CT molecular complexity index is 334. The zero-order valence-corrected chi connectivity index (χ0v) is 8.12. The van der Waals surface area contributed by atoms with Crippen LogP contribution in [0.5, 0.6) is 0 Å². The van der Waals surface area contributed by atoms with Gasteiger partial charge in [-0.3, -0.25) is 4.79 Å². The quantitative estimate of drug-likeness (QED) is 0.817. The Hall–Kier alpha value is -1.50. The molecule has 0 aliphatic carbocycles. The molecule has 0 saturated heterocycles. The lowest BCUT2D eigenvalue weighted by molar-refractivity contribution is -0.192. The molecule has 90 valence electrons. The van der Waals surface area contributed by atoms with Gasteiger partial charge in [-0.1, -0.05) is 0 Å². The van der Waals surface area contributed by atoms with Gasteiger partial charge in [-0.05, 0) is 6.07 Å². The topological polar surface area (TPSA) is 62.5 Å². The summed E-state index contributed by atoms with van der Waals surface area (Å²) >= 11 is 0. The van der Waals surface area contributed by atoms with Gasteiger partial charge in [0.2, 0.25) is 0 Å². The number of carboxylic acid groups (broad SMARTS) is 1. The number of carboxylic acids is 1. The van der Waals surface area contributed by atoms with Crippen molar-refractivity contribution < 1.29 is 27.5 Å². The highest BCUT2D eigenvalue weighted by Crippen LogP contribution is 2.25. The van der Waals surface area contributed by atoms with Crippen molar-refractivity contribution in [1.29, 1.82) is 0 Å². The first-order chi connectivity index (χ1) is 7.41. The maximum absolute atomic E-state index is 12.2. The molecule has 0 spiro atoms. The van der Waals surface area contributed by atoms with Gasteiger partial charge in [0.25, 0.3) is 0 Å². The Morgan fingerprint density at radius 2 is 2.25 bits per heavy atom. The number of carbonyl (C=O) groups is 1. The Morgan fingerprint density at radius 3 is 2.69 bits per heavy atom. The fourth-order valence-electron chi connectivity index (χ4n) is 1.10. The Labute approximate surface area is 89.1 Å². The first kappa shape index (κ1) is 12.6. The van der Waals surface area contributed by atoms with E-state index in [1.54, 1.807) is 6.07 Å². The van der Waals surface area contributed by atoms with Crippen molar-refractivity contribution >= 4 is 5.97 Å². The van der Waals surface area contributed by atoms with E-state index >= 15 is 0 Å².